The summed E-state index contributed by atoms with van der Waals surface area (Å²) >= 11 is 0. The third kappa shape index (κ3) is 1.39. The van der Waals surface area contributed by atoms with Crippen LogP contribution in [0.15, 0.2) is 18.2 Å². The topological polar surface area (TPSA) is 35.5 Å². The molecule has 2 radical (unpaired) electrons. The van der Waals surface area contributed by atoms with E-state index in [0.29, 0.717) is 17.1 Å². The highest BCUT2D eigenvalue weighted by atomic mass is 16.7. The van der Waals surface area contributed by atoms with Gasteiger partial charge in [-0.05, 0) is 24.5 Å². The van der Waals surface area contributed by atoms with Crippen LogP contribution in [0.5, 0.6) is 11.5 Å². The standard InChI is InChI=1S/C9H7BO3/c10-4-7(11)6-1-2-8-9(3-6)13-5-12-8/h1-3H,4-5H2. The maximum atomic E-state index is 11.2. The molecule has 1 aliphatic rings. The van der Waals surface area contributed by atoms with Gasteiger partial charge in [0.15, 0.2) is 17.3 Å². The van der Waals surface area contributed by atoms with E-state index in [1.807, 2.05) is 0 Å². The number of carbonyl (C=O) groups is 1. The number of hydrogen-bond acceptors (Lipinski definition) is 3. The fourth-order valence-corrected chi connectivity index (χ4v) is 1.19. The molecule has 1 aromatic rings. The summed E-state index contributed by atoms with van der Waals surface area (Å²) in [6, 6.07) is 5.05. The van der Waals surface area contributed by atoms with Crippen LogP contribution in [-0.4, -0.2) is 20.4 Å². The first-order valence-electron chi connectivity index (χ1n) is 3.94. The Bertz CT molecular complexity index is 349. The SMILES string of the molecule is [B]CC(=O)c1ccc2c(c1)OCO2. The van der Waals surface area contributed by atoms with Gasteiger partial charge in [0, 0.05) is 5.56 Å². The van der Waals surface area contributed by atoms with Crippen molar-refractivity contribution in [2.24, 2.45) is 0 Å². The molecule has 0 bridgehead atoms. The van der Waals surface area contributed by atoms with E-state index in [1.54, 1.807) is 18.2 Å². The predicted molar refractivity (Wildman–Crippen MR) is 47.5 cm³/mol. The molecule has 0 atom stereocenters. The number of hydrogen-bond donors (Lipinski definition) is 0. The minimum atomic E-state index is -0.0988. The van der Waals surface area contributed by atoms with Crippen molar-refractivity contribution in [2.75, 3.05) is 6.79 Å². The number of fused-ring (bicyclic) bond motifs is 1. The summed E-state index contributed by atoms with van der Waals surface area (Å²) in [5, 5.41) is 0. The number of rotatable bonds is 2. The lowest BCUT2D eigenvalue weighted by atomic mass is 9.96. The van der Waals surface area contributed by atoms with Gasteiger partial charge in [0.1, 0.15) is 0 Å². The van der Waals surface area contributed by atoms with Gasteiger partial charge >= 0.3 is 0 Å². The van der Waals surface area contributed by atoms with Crippen LogP contribution in [0.2, 0.25) is 6.32 Å². The molecular weight excluding hydrogens is 167 g/mol. The maximum absolute atomic E-state index is 11.2. The molecule has 0 fully saturated rings. The largest absolute Gasteiger partial charge is 0.454 e. The fraction of sp³-hybridized carbons (Fsp3) is 0.222. The highest BCUT2D eigenvalue weighted by molar-refractivity contribution is 6.24. The number of benzene rings is 1. The Morgan fingerprint density at radius 1 is 1.38 bits per heavy atom. The summed E-state index contributed by atoms with van der Waals surface area (Å²) in [5.41, 5.74) is 0.562. The Morgan fingerprint density at radius 3 is 2.92 bits per heavy atom. The van der Waals surface area contributed by atoms with Crippen LogP contribution in [0.4, 0.5) is 0 Å². The van der Waals surface area contributed by atoms with Gasteiger partial charge in [-0.15, -0.1) is 0 Å². The third-order valence-corrected chi connectivity index (χ3v) is 1.88. The predicted octanol–water partition coefficient (Wildman–Crippen LogP) is 1.18. The van der Waals surface area contributed by atoms with Crippen molar-refractivity contribution < 1.29 is 14.3 Å². The van der Waals surface area contributed by atoms with Gasteiger partial charge in [-0.1, -0.05) is 0 Å². The monoisotopic (exact) mass is 174 g/mol. The molecule has 0 unspecified atom stereocenters. The van der Waals surface area contributed by atoms with Crippen LogP contribution in [0.25, 0.3) is 0 Å². The first kappa shape index (κ1) is 8.17. The van der Waals surface area contributed by atoms with Crippen molar-refractivity contribution in [3.05, 3.63) is 23.8 Å². The lowest BCUT2D eigenvalue weighted by Gasteiger charge is -1.99. The van der Waals surface area contributed by atoms with Crippen LogP contribution in [-0.2, 0) is 0 Å². The molecule has 2 rings (SSSR count). The van der Waals surface area contributed by atoms with E-state index in [0.717, 1.165) is 0 Å². The molecule has 0 N–H and O–H groups in total. The first-order chi connectivity index (χ1) is 6.31. The van der Waals surface area contributed by atoms with Gasteiger partial charge in [-0.25, -0.2) is 0 Å². The normalized spacial score (nSPS) is 12.9. The summed E-state index contributed by atoms with van der Waals surface area (Å²) in [7, 11) is 5.23. The fourth-order valence-electron chi connectivity index (χ4n) is 1.19. The molecule has 64 valence electrons. The molecule has 1 aliphatic heterocycles. The lowest BCUT2D eigenvalue weighted by molar-refractivity contribution is 0.101. The molecule has 0 saturated carbocycles. The Labute approximate surface area is 77.1 Å². The van der Waals surface area contributed by atoms with Gasteiger partial charge < -0.3 is 9.47 Å². The Hall–Kier alpha value is -1.45. The molecule has 13 heavy (non-hydrogen) atoms. The first-order valence-corrected chi connectivity index (χ1v) is 3.94. The zero-order valence-corrected chi connectivity index (χ0v) is 6.95. The van der Waals surface area contributed by atoms with Crippen LogP contribution in [0.3, 0.4) is 0 Å². The van der Waals surface area contributed by atoms with Gasteiger partial charge in [0.2, 0.25) is 6.79 Å². The van der Waals surface area contributed by atoms with Crippen molar-refractivity contribution in [3.63, 3.8) is 0 Å². The molecule has 3 nitrogen and oxygen atoms in total. The highest BCUT2D eigenvalue weighted by Crippen LogP contribution is 2.32. The van der Waals surface area contributed by atoms with E-state index >= 15 is 0 Å². The van der Waals surface area contributed by atoms with E-state index in [2.05, 4.69) is 0 Å². The molecule has 0 aromatic heterocycles. The molecule has 0 aliphatic carbocycles. The summed E-state index contributed by atoms with van der Waals surface area (Å²) in [5.74, 6) is 1.19. The summed E-state index contributed by atoms with van der Waals surface area (Å²) in [4.78, 5) is 11.2. The van der Waals surface area contributed by atoms with E-state index in [-0.39, 0.29) is 18.9 Å². The van der Waals surface area contributed by atoms with Gasteiger partial charge in [-0.2, -0.15) is 0 Å². The zero-order chi connectivity index (χ0) is 9.26. The number of ether oxygens (including phenoxy) is 2. The summed E-state index contributed by atoms with van der Waals surface area (Å²) in [6.45, 7) is 0.218. The van der Waals surface area contributed by atoms with E-state index < -0.39 is 0 Å². The van der Waals surface area contributed by atoms with Crippen molar-refractivity contribution in [1.82, 2.24) is 0 Å². The quantitative estimate of drug-likeness (QED) is 0.498. The van der Waals surface area contributed by atoms with Gasteiger partial charge in [0.05, 0.1) is 7.85 Å². The number of carbonyl (C=O) groups excluding carboxylic acids is 1. The maximum Gasteiger partial charge on any atom is 0.231 e. The molecule has 1 aromatic carbocycles. The van der Waals surface area contributed by atoms with Crippen molar-refractivity contribution >= 4 is 13.6 Å². The molecule has 0 amide bonds. The second-order valence-electron chi connectivity index (χ2n) is 2.70. The molecule has 0 saturated heterocycles. The summed E-state index contributed by atoms with van der Waals surface area (Å²) < 4.78 is 10.2. The smallest absolute Gasteiger partial charge is 0.231 e. The number of Topliss-reactive ketones (excluding diaryl/α,β-unsaturated/α-hetero) is 1. The second kappa shape index (κ2) is 3.13. The highest BCUT2D eigenvalue weighted by Gasteiger charge is 2.14. The second-order valence-corrected chi connectivity index (χ2v) is 2.70. The number of ketones is 1. The molecule has 0 spiro atoms. The molecular formula is C9H7BO3. The van der Waals surface area contributed by atoms with E-state index in [1.165, 1.54) is 0 Å². The zero-order valence-electron chi connectivity index (χ0n) is 6.95. The van der Waals surface area contributed by atoms with Crippen molar-refractivity contribution in [2.45, 2.75) is 6.32 Å². The average molecular weight is 174 g/mol. The van der Waals surface area contributed by atoms with Crippen molar-refractivity contribution in [1.29, 1.82) is 0 Å². The minimum absolute atomic E-state index is 0.0135. The van der Waals surface area contributed by atoms with Crippen LogP contribution < -0.4 is 9.47 Å². The van der Waals surface area contributed by atoms with Gasteiger partial charge in [-0.3, -0.25) is 4.79 Å². The van der Waals surface area contributed by atoms with Gasteiger partial charge in [0.25, 0.3) is 0 Å². The average Bonchev–Trinajstić information content (AvgIpc) is 2.63. The van der Waals surface area contributed by atoms with Crippen LogP contribution in [0.1, 0.15) is 10.4 Å². The minimum Gasteiger partial charge on any atom is -0.454 e. The lowest BCUT2D eigenvalue weighted by Crippen LogP contribution is -1.96. The molecule has 1 heterocycles. The van der Waals surface area contributed by atoms with Crippen LogP contribution >= 0.6 is 0 Å². The van der Waals surface area contributed by atoms with Crippen molar-refractivity contribution in [3.8, 4) is 11.5 Å². The van der Waals surface area contributed by atoms with E-state index in [9.17, 15) is 4.79 Å². The Balaban J connectivity index is 2.36. The Morgan fingerprint density at radius 2 is 2.15 bits per heavy atom. The molecule has 4 heteroatoms. The van der Waals surface area contributed by atoms with E-state index in [4.69, 9.17) is 17.3 Å². The Kier molecular flexibility index (Phi) is 1.96. The summed E-state index contributed by atoms with van der Waals surface area (Å²) in [6.07, 6.45) is 0.0135. The van der Waals surface area contributed by atoms with Crippen LogP contribution in [0, 0.1) is 0 Å². The third-order valence-electron chi connectivity index (χ3n) is 1.88.